The smallest absolute Gasteiger partial charge is 0.258 e. The second-order valence-corrected chi connectivity index (χ2v) is 10.9. The van der Waals surface area contributed by atoms with Crippen LogP contribution in [0.25, 0.3) is 0 Å². The van der Waals surface area contributed by atoms with E-state index in [4.69, 9.17) is 0 Å². The molecule has 2 aromatic carbocycles. The molecular formula is C24H29NO3S. The molecule has 0 saturated heterocycles. The molecule has 0 fully saturated rings. The highest BCUT2D eigenvalue weighted by Gasteiger charge is 2.32. The van der Waals surface area contributed by atoms with Crippen LogP contribution in [0.5, 0.6) is 0 Å². The van der Waals surface area contributed by atoms with Gasteiger partial charge in [0.15, 0.2) is 9.84 Å². The summed E-state index contributed by atoms with van der Waals surface area (Å²) in [5, 5.41) is 1.21. The first-order valence-electron chi connectivity index (χ1n) is 9.93. The topological polar surface area (TPSA) is 54.5 Å². The van der Waals surface area contributed by atoms with Crippen molar-refractivity contribution in [1.29, 1.82) is 0 Å². The summed E-state index contributed by atoms with van der Waals surface area (Å²) in [6.45, 7) is 10.6. The number of anilines is 1. The van der Waals surface area contributed by atoms with E-state index in [1.165, 1.54) is 11.0 Å². The Bertz CT molecular complexity index is 1010. The average molecular weight is 412 g/mol. The van der Waals surface area contributed by atoms with Gasteiger partial charge in [-0.2, -0.15) is 0 Å². The van der Waals surface area contributed by atoms with E-state index in [0.29, 0.717) is 17.2 Å². The Hall–Kier alpha value is -2.40. The molecule has 0 aromatic heterocycles. The summed E-state index contributed by atoms with van der Waals surface area (Å²) < 4.78 is 24.0. The van der Waals surface area contributed by atoms with Crippen molar-refractivity contribution in [3.8, 4) is 0 Å². The molecule has 1 aliphatic rings. The van der Waals surface area contributed by atoms with E-state index in [-0.39, 0.29) is 17.1 Å². The molecule has 0 saturated carbocycles. The van der Waals surface area contributed by atoms with Gasteiger partial charge in [-0.25, -0.2) is 8.42 Å². The summed E-state index contributed by atoms with van der Waals surface area (Å²) in [5.41, 5.74) is 3.56. The zero-order valence-electron chi connectivity index (χ0n) is 17.7. The van der Waals surface area contributed by atoms with Crippen LogP contribution in [0.1, 0.15) is 62.0 Å². The lowest BCUT2D eigenvalue weighted by Gasteiger charge is -2.28. The van der Waals surface area contributed by atoms with Crippen molar-refractivity contribution in [2.24, 2.45) is 0 Å². The van der Waals surface area contributed by atoms with Crippen LogP contribution < -0.4 is 4.90 Å². The van der Waals surface area contributed by atoms with Crippen molar-refractivity contribution in [2.45, 2.75) is 52.0 Å². The summed E-state index contributed by atoms with van der Waals surface area (Å²) in [6.07, 6.45) is 1.60. The quantitative estimate of drug-likeness (QED) is 0.706. The standard InChI is InChI=1S/C24H29NO3S/c1-17(2)18-8-12-21(13-9-18)25(22-14-15-29(27,28)16-22)23(26)19-6-10-20(11-7-19)24(3,4)5/h6-15,17,22H,16H2,1-5H3/t22-/m1/s1. The number of amides is 1. The predicted octanol–water partition coefficient (Wildman–Crippen LogP) is 5.07. The van der Waals surface area contributed by atoms with E-state index in [9.17, 15) is 13.2 Å². The predicted molar refractivity (Wildman–Crippen MR) is 119 cm³/mol. The molecule has 5 heteroatoms. The van der Waals surface area contributed by atoms with Gasteiger partial charge in [-0.15, -0.1) is 0 Å². The summed E-state index contributed by atoms with van der Waals surface area (Å²) >= 11 is 0. The molecule has 2 aromatic rings. The van der Waals surface area contributed by atoms with Gasteiger partial charge in [-0.05, 0) is 52.8 Å². The van der Waals surface area contributed by atoms with E-state index in [1.807, 2.05) is 48.5 Å². The van der Waals surface area contributed by atoms with Gasteiger partial charge >= 0.3 is 0 Å². The van der Waals surface area contributed by atoms with Crippen molar-refractivity contribution < 1.29 is 13.2 Å². The molecule has 0 unspecified atom stereocenters. The van der Waals surface area contributed by atoms with Crippen LogP contribution in [0.3, 0.4) is 0 Å². The second kappa shape index (κ2) is 7.79. The number of carbonyl (C=O) groups is 1. The minimum atomic E-state index is -3.29. The first-order valence-corrected chi connectivity index (χ1v) is 11.6. The fourth-order valence-electron chi connectivity index (χ4n) is 3.45. The summed E-state index contributed by atoms with van der Waals surface area (Å²) in [4.78, 5) is 15.0. The molecule has 0 radical (unpaired) electrons. The number of nitrogens with zero attached hydrogens (tertiary/aromatic N) is 1. The van der Waals surface area contributed by atoms with Crippen LogP contribution in [0.15, 0.2) is 60.0 Å². The largest absolute Gasteiger partial charge is 0.300 e. The fraction of sp³-hybridized carbons (Fsp3) is 0.375. The normalized spacial score (nSPS) is 18.2. The zero-order chi connectivity index (χ0) is 21.4. The van der Waals surface area contributed by atoms with Crippen LogP contribution >= 0.6 is 0 Å². The first-order chi connectivity index (χ1) is 13.5. The Balaban J connectivity index is 1.98. The highest BCUT2D eigenvalue weighted by Crippen LogP contribution is 2.28. The average Bonchev–Trinajstić information content (AvgIpc) is 3.01. The number of sulfone groups is 1. The number of hydrogen-bond donors (Lipinski definition) is 0. The van der Waals surface area contributed by atoms with Gasteiger partial charge in [0.2, 0.25) is 0 Å². The van der Waals surface area contributed by atoms with E-state index in [0.717, 1.165) is 5.56 Å². The van der Waals surface area contributed by atoms with E-state index in [1.54, 1.807) is 11.0 Å². The summed E-state index contributed by atoms with van der Waals surface area (Å²) in [7, 11) is -3.29. The third-order valence-electron chi connectivity index (χ3n) is 5.30. The Labute approximate surface area is 174 Å². The molecule has 4 nitrogen and oxygen atoms in total. The van der Waals surface area contributed by atoms with Crippen molar-refractivity contribution in [3.63, 3.8) is 0 Å². The van der Waals surface area contributed by atoms with Crippen LogP contribution in [-0.2, 0) is 15.3 Å². The fourth-order valence-corrected chi connectivity index (χ4v) is 4.72. The van der Waals surface area contributed by atoms with Crippen LogP contribution in [-0.4, -0.2) is 26.1 Å². The molecule has 29 heavy (non-hydrogen) atoms. The van der Waals surface area contributed by atoms with Gasteiger partial charge in [0.1, 0.15) is 0 Å². The molecule has 1 amide bonds. The lowest BCUT2D eigenvalue weighted by atomic mass is 9.86. The maximum absolute atomic E-state index is 13.4. The molecule has 0 N–H and O–H groups in total. The minimum absolute atomic E-state index is 0.00376. The number of carbonyl (C=O) groups excluding carboxylic acids is 1. The maximum Gasteiger partial charge on any atom is 0.258 e. The lowest BCUT2D eigenvalue weighted by Crippen LogP contribution is -2.41. The third-order valence-corrected chi connectivity index (χ3v) is 6.68. The number of rotatable bonds is 4. The van der Waals surface area contributed by atoms with Crippen LogP contribution in [0.4, 0.5) is 5.69 Å². The van der Waals surface area contributed by atoms with Gasteiger partial charge < -0.3 is 4.90 Å². The Morgan fingerprint density at radius 3 is 2.03 bits per heavy atom. The lowest BCUT2D eigenvalue weighted by molar-refractivity contribution is 0.0983. The van der Waals surface area contributed by atoms with E-state index in [2.05, 4.69) is 34.6 Å². The van der Waals surface area contributed by atoms with Crippen molar-refractivity contribution in [2.75, 3.05) is 10.7 Å². The van der Waals surface area contributed by atoms with Gasteiger partial charge in [-0.3, -0.25) is 4.79 Å². The SMILES string of the molecule is CC(C)c1ccc(N(C(=O)c2ccc(C(C)(C)C)cc2)[C@@H]2C=CS(=O)(=O)C2)cc1. The molecule has 3 rings (SSSR count). The maximum atomic E-state index is 13.4. The summed E-state index contributed by atoms with van der Waals surface area (Å²) in [5.74, 6) is 0.0875. The van der Waals surface area contributed by atoms with Crippen molar-refractivity contribution >= 4 is 21.4 Å². The highest BCUT2D eigenvalue weighted by molar-refractivity contribution is 7.94. The molecular weight excluding hydrogens is 382 g/mol. The number of hydrogen-bond acceptors (Lipinski definition) is 3. The van der Waals surface area contributed by atoms with E-state index < -0.39 is 15.9 Å². The zero-order valence-corrected chi connectivity index (χ0v) is 18.5. The molecule has 1 aliphatic heterocycles. The third kappa shape index (κ3) is 4.78. The Kier molecular flexibility index (Phi) is 5.72. The second-order valence-electron chi connectivity index (χ2n) is 8.97. The molecule has 1 heterocycles. The number of benzene rings is 2. The van der Waals surface area contributed by atoms with Crippen molar-refractivity contribution in [3.05, 3.63) is 76.7 Å². The summed E-state index contributed by atoms with van der Waals surface area (Å²) in [6, 6.07) is 14.9. The molecule has 1 atom stereocenters. The molecule has 154 valence electrons. The first kappa shape index (κ1) is 21.3. The molecule has 0 spiro atoms. The van der Waals surface area contributed by atoms with Gasteiger partial charge in [-0.1, -0.05) is 58.9 Å². The van der Waals surface area contributed by atoms with E-state index >= 15 is 0 Å². The Morgan fingerprint density at radius 2 is 1.59 bits per heavy atom. The van der Waals surface area contributed by atoms with Crippen LogP contribution in [0.2, 0.25) is 0 Å². The van der Waals surface area contributed by atoms with Gasteiger partial charge in [0, 0.05) is 16.7 Å². The molecule has 0 aliphatic carbocycles. The van der Waals surface area contributed by atoms with Gasteiger partial charge in [0.05, 0.1) is 11.8 Å². The van der Waals surface area contributed by atoms with Crippen LogP contribution in [0, 0.1) is 0 Å². The minimum Gasteiger partial charge on any atom is -0.300 e. The highest BCUT2D eigenvalue weighted by atomic mass is 32.2. The molecule has 0 bridgehead atoms. The van der Waals surface area contributed by atoms with Gasteiger partial charge in [0.25, 0.3) is 5.91 Å². The monoisotopic (exact) mass is 411 g/mol. The Morgan fingerprint density at radius 1 is 1.00 bits per heavy atom. The van der Waals surface area contributed by atoms with Crippen molar-refractivity contribution in [1.82, 2.24) is 0 Å².